The number of hydrogen-bond donors (Lipinski definition) is 0. The van der Waals surface area contributed by atoms with Crippen LogP contribution in [-0.4, -0.2) is 12.6 Å². The Kier molecular flexibility index (Phi) is 2.95. The van der Waals surface area contributed by atoms with Crippen LogP contribution in [0.5, 0.6) is 0 Å². The lowest BCUT2D eigenvalue weighted by Gasteiger charge is -2.03. The number of rotatable bonds is 4. The summed E-state index contributed by atoms with van der Waals surface area (Å²) in [5.41, 5.74) is 1.24. The Balaban J connectivity index is 1.56. The Morgan fingerprint density at radius 2 is 2.24 bits per heavy atom. The maximum atomic E-state index is 11.8. The summed E-state index contributed by atoms with van der Waals surface area (Å²) < 4.78 is 6.40. The summed E-state index contributed by atoms with van der Waals surface area (Å²) in [5, 5.41) is 0. The number of hydrogen-bond acceptors (Lipinski definition) is 2. The molecule has 0 heterocycles. The van der Waals surface area contributed by atoms with Crippen LogP contribution in [0.3, 0.4) is 0 Å². The van der Waals surface area contributed by atoms with E-state index in [2.05, 4.69) is 28.1 Å². The van der Waals surface area contributed by atoms with Gasteiger partial charge in [-0.15, -0.1) is 0 Å². The minimum Gasteiger partial charge on any atom is -0.465 e. The van der Waals surface area contributed by atoms with Crippen LogP contribution in [0.15, 0.2) is 28.7 Å². The van der Waals surface area contributed by atoms with Crippen LogP contribution in [0.4, 0.5) is 0 Å². The number of ether oxygens (including phenoxy) is 1. The van der Waals surface area contributed by atoms with E-state index in [9.17, 15) is 4.79 Å². The molecule has 1 aromatic carbocycles. The summed E-state index contributed by atoms with van der Waals surface area (Å²) in [4.78, 5) is 11.8. The van der Waals surface area contributed by atoms with Crippen LogP contribution in [0.25, 0.3) is 0 Å². The van der Waals surface area contributed by atoms with Gasteiger partial charge < -0.3 is 4.74 Å². The van der Waals surface area contributed by atoms with Crippen molar-refractivity contribution in [1.29, 1.82) is 0 Å². The topological polar surface area (TPSA) is 26.3 Å². The van der Waals surface area contributed by atoms with Crippen LogP contribution >= 0.6 is 15.9 Å². The molecule has 0 spiro atoms. The minimum absolute atomic E-state index is 0.00174. The Morgan fingerprint density at radius 1 is 1.41 bits per heavy atom. The molecule has 2 fully saturated rings. The Bertz CT molecular complexity index is 440. The molecule has 0 amide bonds. The second-order valence-electron chi connectivity index (χ2n) is 5.08. The van der Waals surface area contributed by atoms with Crippen molar-refractivity contribution < 1.29 is 9.53 Å². The van der Waals surface area contributed by atoms with Gasteiger partial charge >= 0.3 is 5.97 Å². The maximum Gasteiger partial charge on any atom is 0.309 e. The first-order valence-electron chi connectivity index (χ1n) is 6.16. The van der Waals surface area contributed by atoms with Crippen molar-refractivity contribution >= 4 is 21.9 Å². The normalized spacial score (nSPS) is 26.6. The van der Waals surface area contributed by atoms with Crippen LogP contribution in [0.1, 0.15) is 30.7 Å². The lowest BCUT2D eigenvalue weighted by atomic mass is 10.1. The van der Waals surface area contributed by atoms with E-state index in [0.29, 0.717) is 18.4 Å². The smallest absolute Gasteiger partial charge is 0.309 e. The predicted octanol–water partition coefficient (Wildman–Crippen LogP) is 3.51. The summed E-state index contributed by atoms with van der Waals surface area (Å²) in [7, 11) is 0. The SMILES string of the molecule is O=C(OCC1CC1)C1CC1c1cccc(Br)c1. The zero-order valence-corrected chi connectivity index (χ0v) is 11.2. The first kappa shape index (κ1) is 11.3. The fourth-order valence-electron chi connectivity index (χ4n) is 2.15. The number of carbonyl (C=O) groups is 1. The Hall–Kier alpha value is -0.830. The van der Waals surface area contributed by atoms with E-state index in [1.807, 2.05) is 12.1 Å². The van der Waals surface area contributed by atoms with Crippen LogP contribution < -0.4 is 0 Å². The molecule has 0 aliphatic heterocycles. The van der Waals surface area contributed by atoms with E-state index in [1.54, 1.807) is 0 Å². The summed E-state index contributed by atoms with van der Waals surface area (Å²) >= 11 is 3.46. The molecule has 17 heavy (non-hydrogen) atoms. The maximum absolute atomic E-state index is 11.8. The third-order valence-corrected chi connectivity index (χ3v) is 4.02. The average molecular weight is 295 g/mol. The molecule has 2 atom stereocenters. The fraction of sp³-hybridized carbons (Fsp3) is 0.500. The number of carbonyl (C=O) groups excluding carboxylic acids is 1. The van der Waals surface area contributed by atoms with Gasteiger partial charge in [-0.3, -0.25) is 4.79 Å². The number of halogens is 1. The van der Waals surface area contributed by atoms with Crippen LogP contribution in [0.2, 0.25) is 0 Å². The van der Waals surface area contributed by atoms with E-state index in [-0.39, 0.29) is 11.9 Å². The van der Waals surface area contributed by atoms with Gasteiger partial charge in [0.25, 0.3) is 0 Å². The molecule has 2 aliphatic carbocycles. The highest BCUT2D eigenvalue weighted by molar-refractivity contribution is 9.10. The van der Waals surface area contributed by atoms with E-state index in [1.165, 1.54) is 18.4 Å². The van der Waals surface area contributed by atoms with Crippen molar-refractivity contribution in [3.8, 4) is 0 Å². The highest BCUT2D eigenvalue weighted by atomic mass is 79.9. The molecule has 3 heteroatoms. The molecule has 1 aromatic rings. The average Bonchev–Trinajstić information content (AvgIpc) is 3.18. The summed E-state index contributed by atoms with van der Waals surface area (Å²) in [6.07, 6.45) is 3.40. The van der Waals surface area contributed by atoms with E-state index in [0.717, 1.165) is 10.9 Å². The van der Waals surface area contributed by atoms with Crippen molar-refractivity contribution in [3.05, 3.63) is 34.3 Å². The molecule has 2 aliphatic rings. The molecule has 0 N–H and O–H groups in total. The molecule has 2 unspecified atom stereocenters. The second-order valence-corrected chi connectivity index (χ2v) is 5.99. The quantitative estimate of drug-likeness (QED) is 0.795. The lowest BCUT2D eigenvalue weighted by molar-refractivity contribution is -0.145. The fourth-order valence-corrected chi connectivity index (χ4v) is 2.57. The van der Waals surface area contributed by atoms with E-state index >= 15 is 0 Å². The van der Waals surface area contributed by atoms with Crippen LogP contribution in [0, 0.1) is 11.8 Å². The molecule has 0 saturated heterocycles. The minimum atomic E-state index is 0.00174. The van der Waals surface area contributed by atoms with Gasteiger partial charge in [0.1, 0.15) is 0 Å². The van der Waals surface area contributed by atoms with Crippen molar-refractivity contribution in [2.75, 3.05) is 6.61 Å². The molecule has 0 bridgehead atoms. The zero-order valence-electron chi connectivity index (χ0n) is 9.56. The molecule has 0 aromatic heterocycles. The summed E-state index contributed by atoms with van der Waals surface area (Å²) in [5.74, 6) is 1.13. The van der Waals surface area contributed by atoms with Gasteiger partial charge in [0.05, 0.1) is 12.5 Å². The van der Waals surface area contributed by atoms with Gasteiger partial charge in [-0.2, -0.15) is 0 Å². The van der Waals surface area contributed by atoms with Gasteiger partial charge in [0, 0.05) is 4.47 Å². The molecule has 90 valence electrons. The highest BCUT2D eigenvalue weighted by Crippen LogP contribution is 2.48. The molecule has 2 saturated carbocycles. The first-order valence-corrected chi connectivity index (χ1v) is 6.95. The molecular formula is C14H15BrO2. The molecule has 3 rings (SSSR count). The third kappa shape index (κ3) is 2.71. The molecule has 0 radical (unpaired) electrons. The molecular weight excluding hydrogens is 280 g/mol. The highest BCUT2D eigenvalue weighted by Gasteiger charge is 2.45. The van der Waals surface area contributed by atoms with Gasteiger partial charge in [-0.05, 0) is 48.8 Å². The predicted molar refractivity (Wildman–Crippen MR) is 68.7 cm³/mol. The van der Waals surface area contributed by atoms with Crippen molar-refractivity contribution in [3.63, 3.8) is 0 Å². The lowest BCUT2D eigenvalue weighted by Crippen LogP contribution is -2.09. The Labute approximate surface area is 109 Å². The van der Waals surface area contributed by atoms with Gasteiger partial charge in [0.15, 0.2) is 0 Å². The van der Waals surface area contributed by atoms with Crippen molar-refractivity contribution in [2.24, 2.45) is 11.8 Å². The number of esters is 1. The summed E-state index contributed by atoms with van der Waals surface area (Å²) in [6, 6.07) is 8.21. The third-order valence-electron chi connectivity index (χ3n) is 3.53. The van der Waals surface area contributed by atoms with Gasteiger partial charge in [0.2, 0.25) is 0 Å². The van der Waals surface area contributed by atoms with Crippen molar-refractivity contribution in [2.45, 2.75) is 25.2 Å². The first-order chi connectivity index (χ1) is 8.24. The summed E-state index contributed by atoms with van der Waals surface area (Å²) in [6.45, 7) is 0.639. The van der Waals surface area contributed by atoms with Crippen molar-refractivity contribution in [1.82, 2.24) is 0 Å². The van der Waals surface area contributed by atoms with E-state index < -0.39 is 0 Å². The van der Waals surface area contributed by atoms with Crippen LogP contribution in [-0.2, 0) is 9.53 Å². The largest absolute Gasteiger partial charge is 0.465 e. The van der Waals surface area contributed by atoms with Gasteiger partial charge in [-0.1, -0.05) is 28.1 Å². The second kappa shape index (κ2) is 4.45. The standard InChI is InChI=1S/C14H15BrO2/c15-11-3-1-2-10(6-11)12-7-13(12)14(16)17-8-9-4-5-9/h1-3,6,9,12-13H,4-5,7-8H2. The molecule has 2 nitrogen and oxygen atoms in total. The number of benzene rings is 1. The Morgan fingerprint density at radius 3 is 2.94 bits per heavy atom. The monoisotopic (exact) mass is 294 g/mol. The zero-order chi connectivity index (χ0) is 11.8. The van der Waals surface area contributed by atoms with Gasteiger partial charge in [-0.25, -0.2) is 0 Å². The van der Waals surface area contributed by atoms with E-state index in [4.69, 9.17) is 4.74 Å².